The number of aryl methyl sites for hydroxylation is 1. The number of aromatic nitrogens is 3. The maximum atomic E-state index is 4.57. The molecule has 0 aliphatic rings. The molecule has 0 amide bonds. The van der Waals surface area contributed by atoms with Crippen LogP contribution in [0, 0.1) is 6.92 Å². The van der Waals surface area contributed by atoms with Gasteiger partial charge in [-0.15, -0.1) is 0 Å². The van der Waals surface area contributed by atoms with Crippen molar-refractivity contribution in [3.8, 4) is 0 Å². The zero-order valence-corrected chi connectivity index (χ0v) is 13.8. The first-order valence-electron chi connectivity index (χ1n) is 8.06. The van der Waals surface area contributed by atoms with Crippen molar-refractivity contribution in [1.29, 1.82) is 0 Å². The summed E-state index contributed by atoms with van der Waals surface area (Å²) in [5.74, 6) is 1.28. The van der Waals surface area contributed by atoms with Crippen LogP contribution in [0.25, 0.3) is 10.9 Å². The molecule has 0 saturated heterocycles. The van der Waals surface area contributed by atoms with Crippen molar-refractivity contribution in [2.24, 2.45) is 0 Å². The van der Waals surface area contributed by atoms with Gasteiger partial charge in [0.15, 0.2) is 0 Å². The first-order valence-corrected chi connectivity index (χ1v) is 8.06. The molecule has 0 aliphatic heterocycles. The second kappa shape index (κ2) is 6.57. The number of anilines is 4. The Morgan fingerprint density at radius 3 is 2.52 bits per heavy atom. The zero-order valence-electron chi connectivity index (χ0n) is 13.8. The van der Waals surface area contributed by atoms with E-state index in [4.69, 9.17) is 0 Å². The van der Waals surface area contributed by atoms with Crippen LogP contribution in [0.4, 0.5) is 23.1 Å². The van der Waals surface area contributed by atoms with Gasteiger partial charge in [0.2, 0.25) is 5.95 Å². The monoisotopic (exact) mass is 327 g/mol. The summed E-state index contributed by atoms with van der Waals surface area (Å²) in [5, 5.41) is 7.67. The van der Waals surface area contributed by atoms with E-state index in [0.29, 0.717) is 5.95 Å². The van der Waals surface area contributed by atoms with Crippen LogP contribution in [0.5, 0.6) is 0 Å². The van der Waals surface area contributed by atoms with Crippen LogP contribution < -0.4 is 10.6 Å². The Labute approximate surface area is 145 Å². The fraction of sp³-hybridized carbons (Fsp3) is 0.0500. The van der Waals surface area contributed by atoms with Crippen LogP contribution >= 0.6 is 0 Å². The lowest BCUT2D eigenvalue weighted by atomic mass is 10.2. The smallest absolute Gasteiger partial charge is 0.229 e. The fourth-order valence-corrected chi connectivity index (χ4v) is 2.68. The summed E-state index contributed by atoms with van der Waals surface area (Å²) in [7, 11) is 0. The molecule has 2 aromatic heterocycles. The van der Waals surface area contributed by atoms with Crippen molar-refractivity contribution in [1.82, 2.24) is 15.0 Å². The van der Waals surface area contributed by atoms with Crippen molar-refractivity contribution < 1.29 is 0 Å². The number of fused-ring (bicyclic) bond motifs is 1. The Morgan fingerprint density at radius 1 is 0.800 bits per heavy atom. The minimum Gasteiger partial charge on any atom is -0.338 e. The molecule has 0 radical (unpaired) electrons. The molecule has 0 bridgehead atoms. The van der Waals surface area contributed by atoms with Gasteiger partial charge < -0.3 is 10.6 Å². The molecule has 0 fully saturated rings. The van der Waals surface area contributed by atoms with Gasteiger partial charge in [-0.2, -0.15) is 4.98 Å². The normalized spacial score (nSPS) is 10.6. The quantitative estimate of drug-likeness (QED) is 0.562. The van der Waals surface area contributed by atoms with Crippen LogP contribution in [-0.2, 0) is 0 Å². The number of nitrogens with one attached hydrogen (secondary N) is 2. The largest absolute Gasteiger partial charge is 0.338 e. The zero-order chi connectivity index (χ0) is 17.1. The molecule has 2 aromatic carbocycles. The summed E-state index contributed by atoms with van der Waals surface area (Å²) in [6.07, 6.45) is 1.79. The van der Waals surface area contributed by atoms with Crippen LogP contribution in [-0.4, -0.2) is 15.0 Å². The highest BCUT2D eigenvalue weighted by Gasteiger charge is 2.06. The lowest BCUT2D eigenvalue weighted by Crippen LogP contribution is -2.02. The molecule has 0 unspecified atom stereocenters. The van der Waals surface area contributed by atoms with Crippen molar-refractivity contribution in [2.45, 2.75) is 6.92 Å². The summed E-state index contributed by atoms with van der Waals surface area (Å²) in [5.41, 5.74) is 3.66. The summed E-state index contributed by atoms with van der Waals surface area (Å²) >= 11 is 0. The van der Waals surface area contributed by atoms with Crippen LogP contribution in [0.2, 0.25) is 0 Å². The van der Waals surface area contributed by atoms with Gasteiger partial charge in [0, 0.05) is 29.0 Å². The van der Waals surface area contributed by atoms with Crippen molar-refractivity contribution in [2.75, 3.05) is 10.6 Å². The van der Waals surface area contributed by atoms with Gasteiger partial charge in [-0.3, -0.25) is 4.98 Å². The Bertz CT molecular complexity index is 1010. The van der Waals surface area contributed by atoms with Gasteiger partial charge in [-0.25, -0.2) is 4.98 Å². The Balaban J connectivity index is 1.66. The molecule has 0 aliphatic carbocycles. The van der Waals surface area contributed by atoms with E-state index >= 15 is 0 Å². The predicted octanol–water partition coefficient (Wildman–Crippen LogP) is 4.82. The number of benzene rings is 2. The Hall–Kier alpha value is -3.47. The maximum Gasteiger partial charge on any atom is 0.229 e. The molecular weight excluding hydrogens is 310 g/mol. The van der Waals surface area contributed by atoms with Gasteiger partial charge in [0.05, 0.1) is 11.2 Å². The minimum absolute atomic E-state index is 0.557. The first-order chi connectivity index (χ1) is 12.3. The number of hydrogen-bond donors (Lipinski definition) is 2. The second-order valence-corrected chi connectivity index (χ2v) is 5.71. The molecule has 0 saturated carbocycles. The third-order valence-electron chi connectivity index (χ3n) is 3.78. The average Bonchev–Trinajstić information content (AvgIpc) is 2.62. The highest BCUT2D eigenvalue weighted by atomic mass is 15.1. The van der Waals surface area contributed by atoms with E-state index < -0.39 is 0 Å². The first kappa shape index (κ1) is 15.1. The van der Waals surface area contributed by atoms with Gasteiger partial charge in [0.25, 0.3) is 0 Å². The van der Waals surface area contributed by atoms with Gasteiger partial charge in [-0.05, 0) is 31.2 Å². The molecule has 5 nitrogen and oxygen atoms in total. The highest BCUT2D eigenvalue weighted by molar-refractivity contribution is 5.91. The van der Waals surface area contributed by atoms with E-state index in [1.165, 1.54) is 0 Å². The van der Waals surface area contributed by atoms with E-state index in [2.05, 4.69) is 25.6 Å². The Kier molecular flexibility index (Phi) is 3.96. The third-order valence-corrected chi connectivity index (χ3v) is 3.78. The predicted molar refractivity (Wildman–Crippen MR) is 102 cm³/mol. The van der Waals surface area contributed by atoms with Crippen molar-refractivity contribution in [3.05, 3.63) is 78.6 Å². The lowest BCUT2D eigenvalue weighted by Gasteiger charge is -2.11. The van der Waals surface area contributed by atoms with Gasteiger partial charge >= 0.3 is 0 Å². The SMILES string of the molecule is Cc1cc(Nc2cccc3cccnc23)nc(Nc2ccccc2)n1. The third kappa shape index (κ3) is 3.40. The maximum absolute atomic E-state index is 4.57. The van der Waals surface area contributed by atoms with Gasteiger partial charge in [-0.1, -0.05) is 36.4 Å². The van der Waals surface area contributed by atoms with E-state index in [-0.39, 0.29) is 0 Å². The lowest BCUT2D eigenvalue weighted by molar-refractivity contribution is 1.11. The Morgan fingerprint density at radius 2 is 1.64 bits per heavy atom. The molecule has 25 heavy (non-hydrogen) atoms. The van der Waals surface area contributed by atoms with Crippen LogP contribution in [0.3, 0.4) is 0 Å². The molecule has 0 spiro atoms. The molecule has 4 rings (SSSR count). The highest BCUT2D eigenvalue weighted by Crippen LogP contribution is 2.24. The van der Waals surface area contributed by atoms with Crippen molar-refractivity contribution >= 4 is 34.0 Å². The fourth-order valence-electron chi connectivity index (χ4n) is 2.68. The summed E-state index contributed by atoms with van der Waals surface area (Å²) < 4.78 is 0. The van der Waals surface area contributed by atoms with E-state index in [0.717, 1.165) is 33.8 Å². The van der Waals surface area contributed by atoms with Crippen LogP contribution in [0.1, 0.15) is 5.69 Å². The molecule has 0 atom stereocenters. The summed E-state index contributed by atoms with van der Waals surface area (Å²) in [6.45, 7) is 1.95. The van der Waals surface area contributed by atoms with Crippen molar-refractivity contribution in [3.63, 3.8) is 0 Å². The van der Waals surface area contributed by atoms with Gasteiger partial charge in [0.1, 0.15) is 5.82 Å². The molecule has 4 aromatic rings. The van der Waals surface area contributed by atoms with Crippen LogP contribution in [0.15, 0.2) is 72.9 Å². The molecule has 2 N–H and O–H groups in total. The molecule has 5 heteroatoms. The number of nitrogens with zero attached hydrogens (tertiary/aromatic N) is 3. The number of rotatable bonds is 4. The number of pyridine rings is 1. The number of hydrogen-bond acceptors (Lipinski definition) is 5. The summed E-state index contributed by atoms with van der Waals surface area (Å²) in [6, 6.07) is 21.8. The molecule has 122 valence electrons. The van der Waals surface area contributed by atoms with E-state index in [9.17, 15) is 0 Å². The summed E-state index contributed by atoms with van der Waals surface area (Å²) in [4.78, 5) is 13.5. The molecule has 2 heterocycles. The minimum atomic E-state index is 0.557. The topological polar surface area (TPSA) is 62.7 Å². The average molecular weight is 327 g/mol. The van der Waals surface area contributed by atoms with E-state index in [1.807, 2.05) is 73.7 Å². The van der Waals surface area contributed by atoms with E-state index in [1.54, 1.807) is 6.20 Å². The number of para-hydroxylation sites is 2. The standard InChI is InChI=1S/C20H17N5/c1-14-13-18(25-20(22-14)23-16-9-3-2-4-10-16)24-17-11-5-7-15-8-6-12-21-19(15)17/h2-13H,1H3,(H2,22,23,24,25). The second-order valence-electron chi connectivity index (χ2n) is 5.71. The molecular formula is C20H17N5.